The van der Waals surface area contributed by atoms with E-state index in [0.717, 1.165) is 53.8 Å². The minimum atomic E-state index is -5.04. The van der Waals surface area contributed by atoms with E-state index in [4.69, 9.17) is 9.72 Å². The summed E-state index contributed by atoms with van der Waals surface area (Å²) in [5.41, 5.74) is -0.429. The zero-order valence-corrected chi connectivity index (χ0v) is 24.4. The van der Waals surface area contributed by atoms with Crippen LogP contribution in [-0.2, 0) is 23.6 Å². The fraction of sp³-hybridized carbons (Fsp3) is 0.433. The lowest BCUT2D eigenvalue weighted by atomic mass is 9.93. The predicted octanol–water partition coefficient (Wildman–Crippen LogP) is 8.92. The van der Waals surface area contributed by atoms with Gasteiger partial charge in [0.2, 0.25) is 0 Å². The summed E-state index contributed by atoms with van der Waals surface area (Å²) in [6.45, 7) is 8.33. The van der Waals surface area contributed by atoms with Crippen molar-refractivity contribution >= 4 is 23.4 Å². The summed E-state index contributed by atoms with van der Waals surface area (Å²) in [5, 5.41) is 1.89. The Hall–Kier alpha value is -3.61. The molecule has 2 aromatic heterocycles. The van der Waals surface area contributed by atoms with E-state index in [1.807, 2.05) is 25.3 Å². The number of rotatable bonds is 7. The molecule has 0 radical (unpaired) electrons. The van der Waals surface area contributed by atoms with Crippen molar-refractivity contribution in [3.8, 4) is 11.1 Å². The second kappa shape index (κ2) is 11.8. The van der Waals surface area contributed by atoms with Crippen LogP contribution in [0, 0.1) is 6.92 Å². The molecule has 1 saturated carbocycles. The highest BCUT2D eigenvalue weighted by Gasteiger charge is 2.42. The summed E-state index contributed by atoms with van der Waals surface area (Å²) >= 11 is 1.29. The Kier molecular flexibility index (Phi) is 8.47. The lowest BCUT2D eigenvalue weighted by molar-refractivity contribution is -0.143. The van der Waals surface area contributed by atoms with Gasteiger partial charge in [-0.15, -0.1) is 0 Å². The number of hydrogen-bond donors (Lipinski definition) is 0. The molecule has 0 bridgehead atoms. The van der Waals surface area contributed by atoms with E-state index < -0.39 is 41.2 Å². The highest BCUT2D eigenvalue weighted by Crippen LogP contribution is 2.43. The molecule has 13 heteroatoms. The number of benzene rings is 1. The second-order valence-electron chi connectivity index (χ2n) is 10.8. The van der Waals surface area contributed by atoms with Crippen LogP contribution in [0.1, 0.15) is 73.1 Å². The number of aryl methyl sites for hydroxylation is 1. The number of cyclic esters (lactones) is 1. The second-order valence-corrected chi connectivity index (χ2v) is 11.4. The molecule has 0 spiro atoms. The molecule has 1 saturated heterocycles. The number of pyridine rings is 1. The zero-order valence-electron chi connectivity index (χ0n) is 23.6. The molecule has 6 nitrogen and oxygen atoms in total. The van der Waals surface area contributed by atoms with Crippen molar-refractivity contribution in [3.05, 3.63) is 76.1 Å². The van der Waals surface area contributed by atoms with Crippen LogP contribution in [0.15, 0.2) is 48.1 Å². The first-order valence-electron chi connectivity index (χ1n) is 13.9. The third-order valence-electron chi connectivity index (χ3n) is 7.96. The van der Waals surface area contributed by atoms with Crippen LogP contribution in [0.3, 0.4) is 0 Å². The molecule has 2 fully saturated rings. The molecule has 3 heterocycles. The molecule has 5 rings (SSSR count). The fourth-order valence-corrected chi connectivity index (χ4v) is 6.51. The lowest BCUT2D eigenvalue weighted by Crippen LogP contribution is -2.38. The van der Waals surface area contributed by atoms with Crippen LogP contribution < -0.4 is 4.90 Å². The highest BCUT2D eigenvalue weighted by atomic mass is 32.1. The molecule has 230 valence electrons. The number of ether oxygens (including phenoxy) is 1. The van der Waals surface area contributed by atoms with Gasteiger partial charge < -0.3 is 9.64 Å². The van der Waals surface area contributed by atoms with E-state index in [1.54, 1.807) is 6.20 Å². The van der Waals surface area contributed by atoms with Gasteiger partial charge in [0.05, 0.1) is 29.1 Å². The van der Waals surface area contributed by atoms with Gasteiger partial charge in [-0.2, -0.15) is 30.7 Å². The zero-order chi connectivity index (χ0) is 31.1. The van der Waals surface area contributed by atoms with Gasteiger partial charge in [0.1, 0.15) is 5.82 Å². The van der Waals surface area contributed by atoms with Gasteiger partial charge in [-0.3, -0.25) is 4.90 Å². The van der Waals surface area contributed by atoms with Crippen molar-refractivity contribution in [3.63, 3.8) is 0 Å². The smallest absolute Gasteiger partial charge is 0.416 e. The van der Waals surface area contributed by atoms with E-state index in [0.29, 0.717) is 30.1 Å². The van der Waals surface area contributed by atoms with Gasteiger partial charge in [0.15, 0.2) is 6.10 Å². The molecule has 1 aromatic carbocycles. The maximum absolute atomic E-state index is 13.5. The number of amides is 1. The van der Waals surface area contributed by atoms with Crippen LogP contribution in [0.2, 0.25) is 0 Å². The number of carbonyl (C=O) groups excluding carboxylic acids is 1. The first-order chi connectivity index (χ1) is 20.3. The average Bonchev–Trinajstić information content (AvgIpc) is 3.51. The van der Waals surface area contributed by atoms with Crippen molar-refractivity contribution in [2.75, 3.05) is 11.4 Å². The van der Waals surface area contributed by atoms with Gasteiger partial charge in [0.25, 0.3) is 0 Å². The quantitative estimate of drug-likeness (QED) is 0.246. The van der Waals surface area contributed by atoms with Crippen LogP contribution >= 0.6 is 11.5 Å². The maximum atomic E-state index is 13.5. The summed E-state index contributed by atoms with van der Waals surface area (Å²) in [4.78, 5) is 21.3. The van der Waals surface area contributed by atoms with E-state index in [1.165, 1.54) is 11.5 Å². The van der Waals surface area contributed by atoms with E-state index in [2.05, 4.69) is 15.9 Å². The van der Waals surface area contributed by atoms with Crippen LogP contribution in [-0.4, -0.2) is 32.9 Å². The standard InChI is InChI=1S/C30H30F6N4O2S/c1-4-39(24-8-6-5-7-9-24)27-21(10-20(14-37-27)25-16-43-38-17(25)2)15-40-18(3)26(42-28(40)41)19-11-22(29(31,32)33)13-23(12-19)30(34,35)36/h10-14,16,24,26H,3-9,15H2,1-2H3. The summed E-state index contributed by atoms with van der Waals surface area (Å²) in [5.74, 6) is 0.654. The predicted molar refractivity (Wildman–Crippen MR) is 150 cm³/mol. The SMILES string of the molecule is C=C1C(c2cc(C(F)(F)F)cc(C(F)(F)F)c2)OC(=O)N1Cc1cc(-c2csnc2C)cnc1N(CC)C1CCCCC1. The van der Waals surface area contributed by atoms with Crippen molar-refractivity contribution in [1.29, 1.82) is 0 Å². The fourth-order valence-electron chi connectivity index (χ4n) is 5.79. The summed E-state index contributed by atoms with van der Waals surface area (Å²) in [7, 11) is 0. The first-order valence-corrected chi connectivity index (χ1v) is 14.7. The molecule has 43 heavy (non-hydrogen) atoms. The molecule has 1 unspecified atom stereocenters. The minimum absolute atomic E-state index is 0.0378. The van der Waals surface area contributed by atoms with Gasteiger partial charge in [0, 0.05) is 40.9 Å². The lowest BCUT2D eigenvalue weighted by Gasteiger charge is -2.36. The van der Waals surface area contributed by atoms with Crippen LogP contribution in [0.5, 0.6) is 0 Å². The Morgan fingerprint density at radius 1 is 1.05 bits per heavy atom. The van der Waals surface area contributed by atoms with E-state index in [-0.39, 0.29) is 24.4 Å². The molecule has 1 amide bonds. The third-order valence-corrected chi connectivity index (χ3v) is 8.68. The number of nitrogens with zero attached hydrogens (tertiary/aromatic N) is 4. The number of hydrogen-bond acceptors (Lipinski definition) is 6. The molecular weight excluding hydrogens is 594 g/mol. The number of anilines is 1. The molecular formula is C30H30F6N4O2S. The minimum Gasteiger partial charge on any atom is -0.434 e. The first kappa shape index (κ1) is 30.8. The molecule has 3 aromatic rings. The Morgan fingerprint density at radius 2 is 1.70 bits per heavy atom. The average molecular weight is 625 g/mol. The third kappa shape index (κ3) is 6.36. The van der Waals surface area contributed by atoms with Crippen molar-refractivity contribution < 1.29 is 35.9 Å². The normalized spacial score (nSPS) is 18.3. The van der Waals surface area contributed by atoms with E-state index in [9.17, 15) is 31.1 Å². The topological polar surface area (TPSA) is 58.6 Å². The summed E-state index contributed by atoms with van der Waals surface area (Å²) < 4.78 is 90.9. The van der Waals surface area contributed by atoms with Gasteiger partial charge in [-0.25, -0.2) is 9.78 Å². The van der Waals surface area contributed by atoms with Crippen LogP contribution in [0.4, 0.5) is 37.0 Å². The number of aromatic nitrogens is 2. The van der Waals surface area contributed by atoms with Gasteiger partial charge in [-0.1, -0.05) is 25.8 Å². The molecule has 2 aliphatic rings. The molecule has 0 N–H and O–H groups in total. The van der Waals surface area contributed by atoms with Gasteiger partial charge >= 0.3 is 18.4 Å². The van der Waals surface area contributed by atoms with Gasteiger partial charge in [-0.05, 0) is 68.1 Å². The molecule has 1 atom stereocenters. The Bertz CT molecular complexity index is 1480. The van der Waals surface area contributed by atoms with Crippen molar-refractivity contribution in [2.24, 2.45) is 0 Å². The number of carbonyl (C=O) groups is 1. The Morgan fingerprint density at radius 3 is 2.26 bits per heavy atom. The Labute approximate surface area is 249 Å². The number of alkyl halides is 6. The van der Waals surface area contributed by atoms with E-state index >= 15 is 0 Å². The van der Waals surface area contributed by atoms with Crippen LogP contribution in [0.25, 0.3) is 11.1 Å². The molecule has 1 aliphatic heterocycles. The van der Waals surface area contributed by atoms with Crippen molar-refractivity contribution in [2.45, 2.75) is 77.0 Å². The summed E-state index contributed by atoms with van der Waals surface area (Å²) in [6.07, 6.45) is -5.48. The Balaban J connectivity index is 1.52. The highest BCUT2D eigenvalue weighted by molar-refractivity contribution is 7.04. The van der Waals surface area contributed by atoms with Crippen molar-refractivity contribution in [1.82, 2.24) is 14.3 Å². The maximum Gasteiger partial charge on any atom is 0.416 e. The molecule has 1 aliphatic carbocycles. The summed E-state index contributed by atoms with van der Waals surface area (Å²) in [6, 6.07) is 3.29. The largest absolute Gasteiger partial charge is 0.434 e. The number of halogens is 6. The monoisotopic (exact) mass is 624 g/mol.